The summed E-state index contributed by atoms with van der Waals surface area (Å²) in [4.78, 5) is 15.2. The molecule has 0 aliphatic carbocycles. The number of nitrogens with zero attached hydrogens (tertiary/aromatic N) is 2. The van der Waals surface area contributed by atoms with E-state index in [1.54, 1.807) is 35.4 Å². The molecule has 1 amide bonds. The Morgan fingerprint density at radius 3 is 2.82 bits per heavy atom. The van der Waals surface area contributed by atoms with Crippen LogP contribution in [0.2, 0.25) is 0 Å². The number of phenolic OH excluding ortho intramolecular Hbond substituents is 1. The molecule has 168 valence electrons. The molecule has 1 atom stereocenters. The first kappa shape index (κ1) is 20.9. The first-order valence-corrected chi connectivity index (χ1v) is 11.1. The summed E-state index contributed by atoms with van der Waals surface area (Å²) in [5.41, 5.74) is 3.19. The molecule has 0 fully saturated rings. The van der Waals surface area contributed by atoms with Gasteiger partial charge in [0.25, 0.3) is 5.91 Å². The van der Waals surface area contributed by atoms with Crippen LogP contribution in [0.3, 0.4) is 0 Å². The minimum Gasteiger partial charge on any atom is -0.507 e. The molecule has 7 heteroatoms. The zero-order chi connectivity index (χ0) is 22.8. The number of aromatic hydroxyl groups is 1. The number of para-hydroxylation sites is 1. The number of H-pyrrole nitrogens is 1. The van der Waals surface area contributed by atoms with E-state index in [-0.39, 0.29) is 11.7 Å². The van der Waals surface area contributed by atoms with E-state index in [1.165, 1.54) is 0 Å². The number of furan rings is 1. The fourth-order valence-corrected chi connectivity index (χ4v) is 4.26. The van der Waals surface area contributed by atoms with Crippen LogP contribution in [0.15, 0.2) is 71.3 Å². The van der Waals surface area contributed by atoms with Crippen LogP contribution in [-0.2, 0) is 6.54 Å². The summed E-state index contributed by atoms with van der Waals surface area (Å²) in [5.74, 6) is 1.38. The van der Waals surface area contributed by atoms with E-state index in [0.29, 0.717) is 35.9 Å². The highest BCUT2D eigenvalue weighted by Gasteiger charge is 2.43. The molecule has 0 saturated heterocycles. The van der Waals surface area contributed by atoms with Crippen LogP contribution >= 0.6 is 0 Å². The lowest BCUT2D eigenvalue weighted by atomic mass is 9.95. The summed E-state index contributed by atoms with van der Waals surface area (Å²) in [7, 11) is 0. The molecule has 1 aliphatic rings. The van der Waals surface area contributed by atoms with Gasteiger partial charge >= 0.3 is 0 Å². The van der Waals surface area contributed by atoms with Crippen molar-refractivity contribution in [2.24, 2.45) is 0 Å². The third-order valence-corrected chi connectivity index (χ3v) is 5.87. The standard InChI is InChI=1S/C26H25N3O4/c1-2-3-13-32-18-9-6-8-17(15-18)25-22-23(20-11-4-5-12-21(20)30)27-28-24(22)26(31)29(25)16-19-10-7-14-33-19/h4-12,14-15,25,30H,2-3,13,16H2,1H3,(H,27,28)/t25-/m0/s1. The maximum atomic E-state index is 13.5. The average Bonchev–Trinajstić information content (AvgIpc) is 3.54. The number of ether oxygens (including phenoxy) is 1. The lowest BCUT2D eigenvalue weighted by molar-refractivity contribution is 0.0716. The number of hydrogen-bond acceptors (Lipinski definition) is 5. The van der Waals surface area contributed by atoms with Crippen molar-refractivity contribution in [2.45, 2.75) is 32.4 Å². The topological polar surface area (TPSA) is 91.6 Å². The molecule has 0 radical (unpaired) electrons. The van der Waals surface area contributed by atoms with Crippen LogP contribution in [0.4, 0.5) is 0 Å². The Balaban J connectivity index is 1.61. The van der Waals surface area contributed by atoms with Gasteiger partial charge in [0.2, 0.25) is 0 Å². The van der Waals surface area contributed by atoms with Gasteiger partial charge in [-0.25, -0.2) is 0 Å². The number of carbonyl (C=O) groups is 1. The van der Waals surface area contributed by atoms with Crippen LogP contribution in [0.5, 0.6) is 11.5 Å². The number of amides is 1. The molecule has 2 N–H and O–H groups in total. The average molecular weight is 444 g/mol. The first-order valence-electron chi connectivity index (χ1n) is 11.1. The lowest BCUT2D eigenvalue weighted by Gasteiger charge is -2.26. The third kappa shape index (κ3) is 3.86. The van der Waals surface area contributed by atoms with E-state index < -0.39 is 6.04 Å². The van der Waals surface area contributed by atoms with Crippen molar-refractivity contribution in [1.29, 1.82) is 0 Å². The molecule has 33 heavy (non-hydrogen) atoms. The molecule has 0 saturated carbocycles. The van der Waals surface area contributed by atoms with E-state index in [2.05, 4.69) is 17.1 Å². The highest BCUT2D eigenvalue weighted by atomic mass is 16.5. The molecule has 7 nitrogen and oxygen atoms in total. The van der Waals surface area contributed by atoms with Crippen LogP contribution in [-0.4, -0.2) is 32.7 Å². The van der Waals surface area contributed by atoms with E-state index in [9.17, 15) is 9.90 Å². The summed E-state index contributed by atoms with van der Waals surface area (Å²) in [6.45, 7) is 3.07. The van der Waals surface area contributed by atoms with E-state index >= 15 is 0 Å². The monoisotopic (exact) mass is 443 g/mol. The smallest absolute Gasteiger partial charge is 0.273 e. The van der Waals surface area contributed by atoms with Gasteiger partial charge in [0.1, 0.15) is 28.6 Å². The lowest BCUT2D eigenvalue weighted by Crippen LogP contribution is -2.29. The first-order chi connectivity index (χ1) is 16.2. The number of nitrogens with one attached hydrogen (secondary N) is 1. The number of aromatic amines is 1. The fourth-order valence-electron chi connectivity index (χ4n) is 4.26. The number of benzene rings is 2. The number of unbranched alkanes of at least 4 members (excludes halogenated alkanes) is 1. The van der Waals surface area contributed by atoms with Gasteiger partial charge in [-0.2, -0.15) is 5.10 Å². The van der Waals surface area contributed by atoms with Crippen molar-refractivity contribution in [2.75, 3.05) is 6.61 Å². The van der Waals surface area contributed by atoms with Crippen LogP contribution in [0.1, 0.15) is 53.2 Å². The van der Waals surface area contributed by atoms with Gasteiger partial charge < -0.3 is 19.2 Å². The molecule has 2 aromatic carbocycles. The molecular weight excluding hydrogens is 418 g/mol. The molecular formula is C26H25N3O4. The van der Waals surface area contributed by atoms with Crippen molar-refractivity contribution < 1.29 is 19.1 Å². The Morgan fingerprint density at radius 2 is 2.03 bits per heavy atom. The number of phenols is 1. The summed E-state index contributed by atoms with van der Waals surface area (Å²) in [5, 5.41) is 17.8. The second-order valence-corrected chi connectivity index (χ2v) is 8.07. The normalized spacial score (nSPS) is 15.1. The molecule has 0 bridgehead atoms. The fraction of sp³-hybridized carbons (Fsp3) is 0.231. The molecule has 0 spiro atoms. The van der Waals surface area contributed by atoms with Crippen molar-refractivity contribution >= 4 is 5.91 Å². The Morgan fingerprint density at radius 1 is 1.15 bits per heavy atom. The zero-order valence-electron chi connectivity index (χ0n) is 18.3. The van der Waals surface area contributed by atoms with Crippen molar-refractivity contribution in [3.05, 3.63) is 89.5 Å². The predicted octanol–water partition coefficient (Wildman–Crippen LogP) is 5.30. The minimum absolute atomic E-state index is 0.110. The second kappa shape index (κ2) is 8.86. The van der Waals surface area contributed by atoms with Gasteiger partial charge in [0.05, 0.1) is 25.5 Å². The van der Waals surface area contributed by atoms with Gasteiger partial charge in [-0.3, -0.25) is 9.89 Å². The molecule has 2 aromatic heterocycles. The van der Waals surface area contributed by atoms with Gasteiger partial charge in [-0.1, -0.05) is 37.6 Å². The summed E-state index contributed by atoms with van der Waals surface area (Å²) in [6.07, 6.45) is 3.62. The van der Waals surface area contributed by atoms with Gasteiger partial charge in [-0.15, -0.1) is 0 Å². The van der Waals surface area contributed by atoms with E-state index in [1.807, 2.05) is 36.4 Å². The molecule has 1 aliphatic heterocycles. The van der Waals surface area contributed by atoms with Crippen molar-refractivity contribution in [3.8, 4) is 22.8 Å². The zero-order valence-corrected chi connectivity index (χ0v) is 18.3. The minimum atomic E-state index is -0.416. The van der Waals surface area contributed by atoms with E-state index in [4.69, 9.17) is 9.15 Å². The third-order valence-electron chi connectivity index (χ3n) is 5.87. The number of fused-ring (bicyclic) bond motifs is 1. The Labute approximate surface area is 191 Å². The highest BCUT2D eigenvalue weighted by molar-refractivity contribution is 6.00. The largest absolute Gasteiger partial charge is 0.507 e. The number of aromatic nitrogens is 2. The summed E-state index contributed by atoms with van der Waals surface area (Å²) >= 11 is 0. The second-order valence-electron chi connectivity index (χ2n) is 8.07. The number of hydrogen-bond donors (Lipinski definition) is 2. The summed E-state index contributed by atoms with van der Waals surface area (Å²) in [6, 6.07) is 18.1. The van der Waals surface area contributed by atoms with Crippen molar-refractivity contribution in [1.82, 2.24) is 15.1 Å². The number of carbonyl (C=O) groups excluding carboxylic acids is 1. The maximum absolute atomic E-state index is 13.5. The quantitative estimate of drug-likeness (QED) is 0.361. The Kier molecular flexibility index (Phi) is 5.60. The number of rotatable bonds is 8. The van der Waals surface area contributed by atoms with E-state index in [0.717, 1.165) is 29.7 Å². The highest BCUT2D eigenvalue weighted by Crippen LogP contribution is 2.45. The Hall–Kier alpha value is -4.00. The van der Waals surface area contributed by atoms with Gasteiger partial charge in [-0.05, 0) is 48.4 Å². The van der Waals surface area contributed by atoms with Crippen LogP contribution < -0.4 is 4.74 Å². The molecule has 3 heterocycles. The predicted molar refractivity (Wildman–Crippen MR) is 123 cm³/mol. The maximum Gasteiger partial charge on any atom is 0.273 e. The molecule has 5 rings (SSSR count). The molecule has 0 unspecified atom stereocenters. The Bertz CT molecular complexity index is 1260. The SMILES string of the molecule is CCCCOc1cccc([C@H]2c3c(-c4ccccc4O)n[nH]c3C(=O)N2Cc2ccco2)c1. The van der Waals surface area contributed by atoms with Gasteiger partial charge in [0, 0.05) is 11.1 Å². The summed E-state index contributed by atoms with van der Waals surface area (Å²) < 4.78 is 11.5. The van der Waals surface area contributed by atoms with Crippen LogP contribution in [0, 0.1) is 0 Å². The van der Waals surface area contributed by atoms with Crippen molar-refractivity contribution in [3.63, 3.8) is 0 Å². The van der Waals surface area contributed by atoms with Gasteiger partial charge in [0.15, 0.2) is 0 Å². The van der Waals surface area contributed by atoms with Crippen LogP contribution in [0.25, 0.3) is 11.3 Å². The molecule has 4 aromatic rings.